The molecule has 0 bridgehead atoms. The van der Waals surface area contributed by atoms with Gasteiger partial charge in [0.15, 0.2) is 11.5 Å². The zero-order chi connectivity index (χ0) is 21.0. The second kappa shape index (κ2) is 9.28. The van der Waals surface area contributed by atoms with Gasteiger partial charge in [0.05, 0.1) is 39.0 Å². The van der Waals surface area contributed by atoms with E-state index >= 15 is 0 Å². The van der Waals surface area contributed by atoms with E-state index in [4.69, 9.17) is 14.2 Å². The summed E-state index contributed by atoms with van der Waals surface area (Å²) in [5, 5.41) is 10.4. The maximum Gasteiger partial charge on any atom is 0.290 e. The summed E-state index contributed by atoms with van der Waals surface area (Å²) in [5.74, 6) is -0.266. The second-order valence-corrected chi connectivity index (χ2v) is 7.13. The third kappa shape index (κ3) is 4.38. The van der Waals surface area contributed by atoms with Crippen LogP contribution in [0.4, 0.5) is 0 Å². The average molecular weight is 404 g/mol. The number of ketones is 1. The lowest BCUT2D eigenvalue weighted by Crippen LogP contribution is -2.39. The predicted octanol–water partition coefficient (Wildman–Crippen LogP) is 1.71. The molecule has 0 radical (unpaired) electrons. The predicted molar refractivity (Wildman–Crippen MR) is 106 cm³/mol. The Bertz CT molecular complexity index is 800. The van der Waals surface area contributed by atoms with Crippen molar-refractivity contribution in [2.75, 3.05) is 53.6 Å². The number of hydrogen-bond donors (Lipinski definition) is 1. The molecule has 1 saturated heterocycles. The molecule has 0 spiro atoms. The first kappa shape index (κ1) is 21.1. The van der Waals surface area contributed by atoms with Gasteiger partial charge in [0.25, 0.3) is 5.91 Å². The van der Waals surface area contributed by atoms with Crippen LogP contribution in [0.15, 0.2) is 29.5 Å². The summed E-state index contributed by atoms with van der Waals surface area (Å²) in [6, 6.07) is 4.51. The Hall–Kier alpha value is -2.58. The normalized spacial score (nSPS) is 20.3. The van der Waals surface area contributed by atoms with Crippen molar-refractivity contribution in [3.8, 4) is 11.5 Å². The Labute approximate surface area is 170 Å². The molecule has 2 aliphatic rings. The Kier molecular flexibility index (Phi) is 6.76. The molecule has 2 aliphatic heterocycles. The Morgan fingerprint density at radius 1 is 1.21 bits per heavy atom. The number of nitrogens with zero attached hydrogens (tertiary/aromatic N) is 2. The lowest BCUT2D eigenvalue weighted by atomic mass is 9.95. The molecule has 1 aromatic carbocycles. The zero-order valence-electron chi connectivity index (χ0n) is 17.1. The third-order valence-electron chi connectivity index (χ3n) is 5.39. The summed E-state index contributed by atoms with van der Waals surface area (Å²) in [7, 11) is 3.08. The van der Waals surface area contributed by atoms with E-state index in [1.54, 1.807) is 30.2 Å². The summed E-state index contributed by atoms with van der Waals surface area (Å²) in [6.45, 7) is 5.72. The number of benzene rings is 1. The molecular formula is C21H28N2O6. The van der Waals surface area contributed by atoms with Gasteiger partial charge < -0.3 is 24.2 Å². The first-order chi connectivity index (χ1) is 14.0. The molecule has 0 saturated carbocycles. The highest BCUT2D eigenvalue weighted by Gasteiger charge is 2.43. The third-order valence-corrected chi connectivity index (χ3v) is 5.39. The molecule has 1 aromatic rings. The van der Waals surface area contributed by atoms with Crippen LogP contribution in [0.3, 0.4) is 0 Å². The number of ether oxygens (including phenoxy) is 3. The number of aliphatic hydroxyl groups excluding tert-OH is 1. The van der Waals surface area contributed by atoms with Crippen molar-refractivity contribution in [2.45, 2.75) is 19.4 Å². The maximum atomic E-state index is 12.8. The fourth-order valence-electron chi connectivity index (χ4n) is 3.91. The van der Waals surface area contributed by atoms with Crippen molar-refractivity contribution in [1.82, 2.24) is 9.80 Å². The second-order valence-electron chi connectivity index (χ2n) is 7.13. The molecule has 0 aliphatic carbocycles. The minimum atomic E-state index is -0.713. The molecule has 1 fully saturated rings. The highest BCUT2D eigenvalue weighted by molar-refractivity contribution is 6.08. The number of Topliss-reactive ketones (excluding diaryl/α,β-unsaturated/α-hetero) is 1. The molecular weight excluding hydrogens is 376 g/mol. The highest BCUT2D eigenvalue weighted by atomic mass is 16.5. The Morgan fingerprint density at radius 2 is 1.93 bits per heavy atom. The van der Waals surface area contributed by atoms with Crippen molar-refractivity contribution in [3.05, 3.63) is 35.1 Å². The van der Waals surface area contributed by atoms with Crippen molar-refractivity contribution in [1.29, 1.82) is 0 Å². The quantitative estimate of drug-likeness (QED) is 0.706. The minimum absolute atomic E-state index is 0.0907. The first-order valence-corrected chi connectivity index (χ1v) is 9.75. The van der Waals surface area contributed by atoms with Gasteiger partial charge in [-0.05, 0) is 31.5 Å². The standard InChI is InChI=1S/C21H28N2O6/c1-14(24)18-19(16-13-15(27-2)5-6-17(16)28-3)23(21(26)20(18)25)8-4-7-22-9-11-29-12-10-22/h5-6,13,19,25H,4,7-12H2,1-3H3/t19-/m0/s1. The molecule has 1 amide bonds. The van der Waals surface area contributed by atoms with E-state index in [0.29, 0.717) is 43.2 Å². The van der Waals surface area contributed by atoms with Gasteiger partial charge in [-0.25, -0.2) is 0 Å². The van der Waals surface area contributed by atoms with Gasteiger partial charge in [-0.15, -0.1) is 0 Å². The summed E-state index contributed by atoms with van der Waals surface area (Å²) in [6.07, 6.45) is 0.715. The Balaban J connectivity index is 1.88. The summed E-state index contributed by atoms with van der Waals surface area (Å²) < 4.78 is 16.2. The lowest BCUT2D eigenvalue weighted by molar-refractivity contribution is -0.129. The van der Waals surface area contributed by atoms with Gasteiger partial charge in [0.2, 0.25) is 0 Å². The van der Waals surface area contributed by atoms with E-state index < -0.39 is 17.7 Å². The molecule has 1 N–H and O–H groups in total. The van der Waals surface area contributed by atoms with Crippen LogP contribution in [-0.4, -0.2) is 80.2 Å². The van der Waals surface area contributed by atoms with Crippen molar-refractivity contribution < 1.29 is 28.9 Å². The van der Waals surface area contributed by atoms with Crippen LogP contribution in [0.1, 0.15) is 24.9 Å². The molecule has 8 heteroatoms. The van der Waals surface area contributed by atoms with Crippen LogP contribution in [-0.2, 0) is 14.3 Å². The van der Waals surface area contributed by atoms with E-state index in [-0.39, 0.29) is 11.4 Å². The van der Waals surface area contributed by atoms with E-state index in [1.807, 2.05) is 0 Å². The fourth-order valence-corrected chi connectivity index (χ4v) is 3.91. The number of rotatable bonds is 8. The van der Waals surface area contributed by atoms with Crippen LogP contribution >= 0.6 is 0 Å². The zero-order valence-corrected chi connectivity index (χ0v) is 17.1. The van der Waals surface area contributed by atoms with Gasteiger partial charge in [0, 0.05) is 31.7 Å². The molecule has 0 aromatic heterocycles. The van der Waals surface area contributed by atoms with Crippen LogP contribution in [0.2, 0.25) is 0 Å². The lowest BCUT2D eigenvalue weighted by Gasteiger charge is -2.30. The fraction of sp³-hybridized carbons (Fsp3) is 0.524. The van der Waals surface area contributed by atoms with Crippen LogP contribution in [0.25, 0.3) is 0 Å². The largest absolute Gasteiger partial charge is 0.503 e. The van der Waals surface area contributed by atoms with Crippen LogP contribution in [0.5, 0.6) is 11.5 Å². The van der Waals surface area contributed by atoms with E-state index in [9.17, 15) is 14.7 Å². The summed E-state index contributed by atoms with van der Waals surface area (Å²) in [4.78, 5) is 28.9. The van der Waals surface area contributed by atoms with E-state index in [2.05, 4.69) is 4.90 Å². The van der Waals surface area contributed by atoms with Crippen LogP contribution in [0, 0.1) is 0 Å². The van der Waals surface area contributed by atoms with Crippen molar-refractivity contribution in [3.63, 3.8) is 0 Å². The molecule has 8 nitrogen and oxygen atoms in total. The number of aliphatic hydroxyl groups is 1. The monoisotopic (exact) mass is 404 g/mol. The minimum Gasteiger partial charge on any atom is -0.503 e. The van der Waals surface area contributed by atoms with Crippen molar-refractivity contribution >= 4 is 11.7 Å². The summed E-state index contributed by atoms with van der Waals surface area (Å²) >= 11 is 0. The molecule has 158 valence electrons. The SMILES string of the molecule is COc1ccc(OC)c([C@H]2C(C(C)=O)=C(O)C(=O)N2CCCN2CCOCC2)c1. The van der Waals surface area contributed by atoms with E-state index in [0.717, 1.165) is 19.6 Å². The Morgan fingerprint density at radius 3 is 2.55 bits per heavy atom. The molecule has 29 heavy (non-hydrogen) atoms. The molecule has 2 heterocycles. The first-order valence-electron chi connectivity index (χ1n) is 9.75. The smallest absolute Gasteiger partial charge is 0.290 e. The molecule has 1 atom stereocenters. The maximum absolute atomic E-state index is 12.8. The average Bonchev–Trinajstić information content (AvgIpc) is 2.99. The number of hydrogen-bond acceptors (Lipinski definition) is 7. The van der Waals surface area contributed by atoms with Gasteiger partial charge >= 0.3 is 0 Å². The number of morpholine rings is 1. The van der Waals surface area contributed by atoms with Gasteiger partial charge in [-0.3, -0.25) is 14.5 Å². The highest BCUT2D eigenvalue weighted by Crippen LogP contribution is 2.42. The van der Waals surface area contributed by atoms with Crippen LogP contribution < -0.4 is 9.47 Å². The van der Waals surface area contributed by atoms with E-state index in [1.165, 1.54) is 14.0 Å². The molecule has 3 rings (SSSR count). The number of amides is 1. The number of carbonyl (C=O) groups is 2. The number of methoxy groups -OCH3 is 2. The van der Waals surface area contributed by atoms with Gasteiger partial charge in [0.1, 0.15) is 11.5 Å². The number of carbonyl (C=O) groups excluding carboxylic acids is 2. The topological polar surface area (TPSA) is 88.5 Å². The van der Waals surface area contributed by atoms with Gasteiger partial charge in [-0.2, -0.15) is 0 Å². The summed E-state index contributed by atoms with van der Waals surface area (Å²) in [5.41, 5.74) is 0.703. The van der Waals surface area contributed by atoms with Crippen molar-refractivity contribution in [2.24, 2.45) is 0 Å². The van der Waals surface area contributed by atoms with Gasteiger partial charge in [-0.1, -0.05) is 0 Å². The molecule has 0 unspecified atom stereocenters.